The van der Waals surface area contributed by atoms with E-state index in [0.717, 1.165) is 4.90 Å². The first-order chi connectivity index (χ1) is 12.8. The smallest absolute Gasteiger partial charge is 0.421 e. The highest BCUT2D eigenvalue weighted by Gasteiger charge is 2.54. The van der Waals surface area contributed by atoms with Crippen LogP contribution in [0.25, 0.3) is 0 Å². The number of rotatable bonds is 4. The molecule has 4 N–H and O–H groups in total. The van der Waals surface area contributed by atoms with Crippen molar-refractivity contribution in [3.8, 4) is 11.5 Å². The third-order valence-electron chi connectivity index (χ3n) is 4.25. The lowest BCUT2D eigenvalue weighted by molar-refractivity contribution is -0.130. The Kier molecular flexibility index (Phi) is 4.72. The molecule has 142 valence electrons. The molecule has 27 heavy (non-hydrogen) atoms. The maximum Gasteiger partial charge on any atom is 0.421 e. The molecule has 0 radical (unpaired) electrons. The normalized spacial score (nSPS) is 19.5. The number of aliphatic hydroxyl groups excluding tert-OH is 1. The van der Waals surface area contributed by atoms with Gasteiger partial charge < -0.3 is 15.3 Å². The lowest BCUT2D eigenvalue weighted by Gasteiger charge is -2.31. The highest BCUT2D eigenvalue weighted by Crippen LogP contribution is 2.21. The van der Waals surface area contributed by atoms with Crippen molar-refractivity contribution in [3.63, 3.8) is 0 Å². The summed E-state index contributed by atoms with van der Waals surface area (Å²) >= 11 is 0. The minimum Gasteiger partial charge on any atom is -0.508 e. The molecule has 0 bridgehead atoms. The largest absolute Gasteiger partial charge is 0.508 e. The van der Waals surface area contributed by atoms with Crippen molar-refractivity contribution in [2.24, 2.45) is 5.10 Å². The van der Waals surface area contributed by atoms with Gasteiger partial charge in [-0.15, -0.1) is 5.10 Å². The van der Waals surface area contributed by atoms with Crippen LogP contribution < -0.4 is 10.1 Å². The Morgan fingerprint density at radius 3 is 2.67 bits per heavy atom. The molecule has 3 rings (SSSR count). The monoisotopic (exact) mass is 375 g/mol. The van der Waals surface area contributed by atoms with E-state index < -0.39 is 18.0 Å². The van der Waals surface area contributed by atoms with E-state index in [9.17, 15) is 24.9 Å². The molecule has 1 saturated heterocycles. The van der Waals surface area contributed by atoms with Crippen LogP contribution in [-0.2, 0) is 4.79 Å². The number of imide groups is 1. The van der Waals surface area contributed by atoms with Gasteiger partial charge in [0.05, 0.1) is 26.4 Å². The average Bonchev–Trinajstić information content (AvgIpc) is 2.99. The number of benzene rings is 1. The maximum absolute atomic E-state index is 12.5. The lowest BCUT2D eigenvalue weighted by Crippen LogP contribution is -2.64. The molecular weight excluding hydrogens is 356 g/mol. The Morgan fingerprint density at radius 1 is 1.26 bits per heavy atom. The van der Waals surface area contributed by atoms with Gasteiger partial charge in [-0.2, -0.15) is 5.43 Å². The third kappa shape index (κ3) is 3.16. The first kappa shape index (κ1) is 18.2. The first-order valence-electron chi connectivity index (χ1n) is 8.04. The molecule has 1 atom stereocenters. The lowest BCUT2D eigenvalue weighted by atomic mass is 10.1. The number of carbonyl (C=O) groups excluding carboxylic acids is 2. The highest BCUT2D eigenvalue weighted by atomic mass is 16.3. The molecule has 11 heteroatoms. The molecule has 1 unspecified atom stereocenters. The number of guanidine groups is 1. The van der Waals surface area contributed by atoms with Crippen LogP contribution in [0.15, 0.2) is 23.3 Å². The zero-order valence-electron chi connectivity index (χ0n) is 14.7. The zero-order chi connectivity index (χ0) is 19.7. The summed E-state index contributed by atoms with van der Waals surface area (Å²) in [5.74, 6) is -0.278. The number of nitrogens with one attached hydrogen (secondary N) is 1. The summed E-state index contributed by atoms with van der Waals surface area (Å²) in [4.78, 5) is 28.4. The summed E-state index contributed by atoms with van der Waals surface area (Å²) < 4.78 is 4.27. The third-order valence-corrected chi connectivity index (χ3v) is 4.25. The number of nitrogens with zero attached hydrogens (tertiary/aromatic N) is 5. The van der Waals surface area contributed by atoms with Crippen LogP contribution in [0.1, 0.15) is 5.56 Å². The van der Waals surface area contributed by atoms with E-state index >= 15 is 0 Å². The van der Waals surface area contributed by atoms with Gasteiger partial charge in [0, 0.05) is 18.7 Å². The van der Waals surface area contributed by atoms with Crippen LogP contribution in [0.4, 0.5) is 4.79 Å². The van der Waals surface area contributed by atoms with Gasteiger partial charge in [0.15, 0.2) is 0 Å². The number of β-amino-alcohol motifs (C(OH)–C–C–N with tert-alkyl or cyclic N) is 1. The van der Waals surface area contributed by atoms with E-state index in [1.54, 1.807) is 0 Å². The summed E-state index contributed by atoms with van der Waals surface area (Å²) in [6.45, 7) is -0.136. The maximum atomic E-state index is 12.5. The van der Waals surface area contributed by atoms with Gasteiger partial charge in [-0.25, -0.2) is 19.3 Å². The molecule has 11 nitrogen and oxygen atoms in total. The number of phenols is 2. The number of aromatic hydroxyl groups is 2. The first-order valence-corrected chi connectivity index (χ1v) is 8.04. The van der Waals surface area contributed by atoms with Gasteiger partial charge >= 0.3 is 17.8 Å². The predicted octanol–water partition coefficient (Wildman–Crippen LogP) is -1.96. The topological polar surface area (TPSA) is 143 Å². The van der Waals surface area contributed by atoms with Crippen LogP contribution in [-0.4, -0.2) is 93.3 Å². The van der Waals surface area contributed by atoms with E-state index in [1.807, 2.05) is 0 Å². The van der Waals surface area contributed by atoms with Crippen LogP contribution in [0.3, 0.4) is 0 Å². The molecule has 0 spiro atoms. The number of amides is 3. The standard InChI is InChI=1S/C16H18N6O5/c1-20-13-12(14(26)21(2)16(20)27)22(5-6-23)15(18-13)19-17-8-9-3-4-10(24)7-11(9)25/h3-4,7-8,12,23H,5-6H2,1-2H3,(H2,17,24,25)/p+1. The summed E-state index contributed by atoms with van der Waals surface area (Å²) in [5.41, 5.74) is 3.01. The molecule has 3 amide bonds. The number of urea groups is 1. The molecule has 1 fully saturated rings. The molecule has 2 aliphatic heterocycles. The van der Waals surface area contributed by atoms with Crippen molar-refractivity contribution in [1.82, 2.24) is 24.8 Å². The van der Waals surface area contributed by atoms with E-state index in [0.29, 0.717) is 5.56 Å². The number of likely N-dealkylation sites (N-methyl/N-ethyl adjacent to an activating group) is 2. The predicted molar refractivity (Wildman–Crippen MR) is 96.2 cm³/mol. The fourth-order valence-corrected chi connectivity index (χ4v) is 2.83. The van der Waals surface area contributed by atoms with Crippen molar-refractivity contribution in [1.29, 1.82) is 0 Å². The Morgan fingerprint density at radius 2 is 2.00 bits per heavy atom. The van der Waals surface area contributed by atoms with Crippen molar-refractivity contribution in [2.75, 3.05) is 27.2 Å². The summed E-state index contributed by atoms with van der Waals surface area (Å²) in [5, 5.41) is 32.4. The molecule has 0 aliphatic carbocycles. The Bertz CT molecular complexity index is 891. The Labute approximate surface area is 154 Å². The molecule has 1 aromatic carbocycles. The molecule has 1 aromatic rings. The minimum absolute atomic E-state index is 0.0808. The number of fused-ring (bicyclic) bond motifs is 1. The number of amidine groups is 1. The van der Waals surface area contributed by atoms with Gasteiger partial charge in [-0.1, -0.05) is 0 Å². The summed E-state index contributed by atoms with van der Waals surface area (Å²) in [7, 11) is 2.89. The highest BCUT2D eigenvalue weighted by molar-refractivity contribution is 6.23. The summed E-state index contributed by atoms with van der Waals surface area (Å²) in [6.07, 6.45) is 1.31. The van der Waals surface area contributed by atoms with E-state index in [1.165, 1.54) is 48.3 Å². The van der Waals surface area contributed by atoms with Crippen LogP contribution in [0.2, 0.25) is 0 Å². The van der Waals surface area contributed by atoms with Gasteiger partial charge in [-0.3, -0.25) is 9.69 Å². The Hall–Kier alpha value is -3.56. The van der Waals surface area contributed by atoms with Gasteiger partial charge in [-0.05, 0) is 12.1 Å². The van der Waals surface area contributed by atoms with Gasteiger partial charge in [0.2, 0.25) is 6.04 Å². The fourth-order valence-electron chi connectivity index (χ4n) is 2.83. The minimum atomic E-state index is -0.843. The number of hydrogen-bond donors (Lipinski definition) is 4. The van der Waals surface area contributed by atoms with Crippen molar-refractivity contribution in [2.45, 2.75) is 6.04 Å². The van der Waals surface area contributed by atoms with E-state index in [2.05, 4.69) is 15.2 Å². The van der Waals surface area contributed by atoms with E-state index in [-0.39, 0.29) is 36.4 Å². The quantitative estimate of drug-likeness (QED) is 0.272. The van der Waals surface area contributed by atoms with Gasteiger partial charge in [0.1, 0.15) is 11.5 Å². The van der Waals surface area contributed by atoms with Crippen molar-refractivity contribution >= 4 is 29.9 Å². The number of hydrazone groups is 1. The van der Waals surface area contributed by atoms with Crippen molar-refractivity contribution in [3.05, 3.63) is 23.8 Å². The molecule has 2 aliphatic rings. The Balaban J connectivity index is 1.87. The van der Waals surface area contributed by atoms with Gasteiger partial charge in [0.25, 0.3) is 5.91 Å². The number of hydrogen-bond acceptors (Lipinski definition) is 8. The van der Waals surface area contributed by atoms with Crippen LogP contribution in [0.5, 0.6) is 11.5 Å². The van der Waals surface area contributed by atoms with Crippen LogP contribution >= 0.6 is 0 Å². The number of carbonyl (C=O) groups is 2. The summed E-state index contributed by atoms with van der Waals surface area (Å²) in [6, 6.07) is 2.69. The molecule has 0 saturated carbocycles. The average molecular weight is 375 g/mol. The molecular formula is C16H19N6O5+. The van der Waals surface area contributed by atoms with E-state index in [4.69, 9.17) is 0 Å². The zero-order valence-corrected chi connectivity index (χ0v) is 14.7. The SMILES string of the molecule is CN1C(=O)C2C(=[N+]=C(N/N=C/c3ccc(O)cc3O)N2CCO)N(C)C1=O. The number of phenolic OH excluding ortho intramolecular Hbond substituents is 2. The molecule has 2 heterocycles. The second kappa shape index (κ2) is 6.98. The molecule has 0 aromatic heterocycles. The second-order valence-electron chi connectivity index (χ2n) is 5.97. The van der Waals surface area contributed by atoms with Crippen molar-refractivity contribution < 1.29 is 24.9 Å². The van der Waals surface area contributed by atoms with Crippen LogP contribution in [0, 0.1) is 0 Å². The fraction of sp³-hybridized carbons (Fsp3) is 0.312. The number of aliphatic hydroxyl groups is 1. The second-order valence-corrected chi connectivity index (χ2v) is 5.97.